The zero-order chi connectivity index (χ0) is 32.9. The number of ether oxygens (including phenoxy) is 6. The molecule has 3 atom stereocenters. The molecule has 0 aromatic carbocycles. The molecule has 0 aromatic heterocycles. The summed E-state index contributed by atoms with van der Waals surface area (Å²) in [5.41, 5.74) is -0.537. The van der Waals surface area contributed by atoms with Gasteiger partial charge in [-0.3, -0.25) is 0 Å². The van der Waals surface area contributed by atoms with E-state index >= 15 is 0 Å². The van der Waals surface area contributed by atoms with Crippen molar-refractivity contribution in [3.05, 3.63) is 0 Å². The molecule has 7 heteroatoms. The van der Waals surface area contributed by atoms with Gasteiger partial charge >= 0.3 is 5.97 Å². The quantitative estimate of drug-likeness (QED) is 0.0621. The highest BCUT2D eigenvalue weighted by molar-refractivity contribution is 4.95. The van der Waals surface area contributed by atoms with Crippen LogP contribution >= 0.6 is 0 Å². The Bertz CT molecular complexity index is 679. The molecule has 2 N–H and O–H groups in total. The molecule has 0 saturated heterocycles. The maximum atomic E-state index is 7.30. The molecule has 0 heterocycles. The van der Waals surface area contributed by atoms with E-state index in [-0.39, 0.29) is 11.6 Å². The van der Waals surface area contributed by atoms with Gasteiger partial charge in [0.2, 0.25) is 0 Å². The molecule has 0 aromatic rings. The van der Waals surface area contributed by atoms with Gasteiger partial charge in [0.15, 0.2) is 0 Å². The van der Waals surface area contributed by atoms with Crippen molar-refractivity contribution in [3.63, 3.8) is 0 Å². The first kappa shape index (κ1) is 44.7. The summed E-state index contributed by atoms with van der Waals surface area (Å²) in [4.78, 5) is 0. The van der Waals surface area contributed by atoms with Gasteiger partial charge in [-0.1, -0.05) is 120 Å². The van der Waals surface area contributed by atoms with Crippen molar-refractivity contribution in [3.8, 4) is 0 Å². The molecule has 45 heavy (non-hydrogen) atoms. The van der Waals surface area contributed by atoms with Gasteiger partial charge in [-0.15, -0.1) is 0 Å². The van der Waals surface area contributed by atoms with E-state index in [0.717, 1.165) is 89.9 Å². The highest BCUT2D eigenvalue weighted by Gasteiger charge is 2.66. The van der Waals surface area contributed by atoms with Crippen molar-refractivity contribution in [1.29, 1.82) is 0 Å². The lowest BCUT2D eigenvalue weighted by atomic mass is 9.95. The Morgan fingerprint density at radius 2 is 1.22 bits per heavy atom. The molecule has 0 bridgehead atoms. The van der Waals surface area contributed by atoms with Crippen molar-refractivity contribution in [2.45, 2.75) is 208 Å². The van der Waals surface area contributed by atoms with Crippen molar-refractivity contribution in [1.82, 2.24) is 0 Å². The fraction of sp³-hybridized carbons (Fsp3) is 1.00. The van der Waals surface area contributed by atoms with Gasteiger partial charge in [-0.2, -0.15) is 0 Å². The van der Waals surface area contributed by atoms with Crippen molar-refractivity contribution < 1.29 is 33.9 Å². The minimum atomic E-state index is -1.57. The lowest BCUT2D eigenvalue weighted by molar-refractivity contribution is -0.535. The average molecular weight is 647 g/mol. The highest BCUT2D eigenvalue weighted by Crippen LogP contribution is 2.46. The van der Waals surface area contributed by atoms with Crippen LogP contribution < -0.4 is 0 Å². The van der Waals surface area contributed by atoms with Crippen LogP contribution in [-0.4, -0.2) is 61.5 Å². The summed E-state index contributed by atoms with van der Waals surface area (Å²) in [7, 11) is 0. The van der Waals surface area contributed by atoms with Crippen LogP contribution in [0.5, 0.6) is 0 Å². The minimum absolute atomic E-state index is 0. The molecule has 3 unspecified atom stereocenters. The van der Waals surface area contributed by atoms with Gasteiger partial charge < -0.3 is 33.9 Å². The topological polar surface area (TPSA) is 86.9 Å². The Labute approximate surface area is 279 Å². The Kier molecular flexibility index (Phi) is 24.6. The molecule has 7 nitrogen and oxygen atoms in total. The van der Waals surface area contributed by atoms with E-state index in [1.165, 1.54) is 19.3 Å². The summed E-state index contributed by atoms with van der Waals surface area (Å²) in [5.74, 6) is -2.10. The number of hydrogen-bond donors (Lipinski definition) is 0. The molecule has 0 spiro atoms. The second-order valence-corrected chi connectivity index (χ2v) is 14.7. The van der Waals surface area contributed by atoms with Crippen LogP contribution in [0.15, 0.2) is 0 Å². The Hall–Kier alpha value is -0.280. The first-order valence-electron chi connectivity index (χ1n) is 18.9. The van der Waals surface area contributed by atoms with Gasteiger partial charge in [0.25, 0.3) is 5.79 Å². The third kappa shape index (κ3) is 16.6. The second kappa shape index (κ2) is 24.8. The van der Waals surface area contributed by atoms with Crippen LogP contribution in [0.2, 0.25) is 0 Å². The fourth-order valence-corrected chi connectivity index (χ4v) is 5.62. The van der Waals surface area contributed by atoms with Gasteiger partial charge in [0.05, 0.1) is 31.5 Å². The minimum Gasteiger partial charge on any atom is -0.412 e. The molecule has 272 valence electrons. The lowest BCUT2D eigenvalue weighted by Crippen LogP contribution is -2.71. The summed E-state index contributed by atoms with van der Waals surface area (Å²) in [6.45, 7) is 24.2. The summed E-state index contributed by atoms with van der Waals surface area (Å²) >= 11 is 0. The molecular weight excluding hydrogens is 568 g/mol. The van der Waals surface area contributed by atoms with Crippen molar-refractivity contribution in [2.24, 2.45) is 11.8 Å². The first-order chi connectivity index (χ1) is 21.0. The van der Waals surface area contributed by atoms with Gasteiger partial charge in [-0.25, -0.2) is 0 Å². The summed E-state index contributed by atoms with van der Waals surface area (Å²) in [6, 6.07) is 0. The lowest BCUT2D eigenvalue weighted by Gasteiger charge is -2.54. The van der Waals surface area contributed by atoms with E-state index < -0.39 is 23.5 Å². The Balaban J connectivity index is 0.0000194. The third-order valence-electron chi connectivity index (χ3n) is 8.80. The molecule has 1 rings (SSSR count). The van der Waals surface area contributed by atoms with E-state index in [0.29, 0.717) is 38.3 Å². The van der Waals surface area contributed by atoms with E-state index in [1.54, 1.807) is 0 Å². The average Bonchev–Trinajstić information content (AvgIpc) is 2.98. The molecule has 1 fully saturated rings. The van der Waals surface area contributed by atoms with Crippen LogP contribution in [0, 0.1) is 11.8 Å². The Morgan fingerprint density at radius 1 is 0.644 bits per heavy atom. The molecular formula is C38H78O7. The highest BCUT2D eigenvalue weighted by atomic mass is 16.9. The number of unbranched alkanes of at least 4 members (excludes halogenated alkanes) is 6. The maximum Gasteiger partial charge on any atom is 0.344 e. The van der Waals surface area contributed by atoms with Crippen molar-refractivity contribution >= 4 is 0 Å². The molecule has 1 saturated carbocycles. The zero-order valence-corrected chi connectivity index (χ0v) is 31.6. The van der Waals surface area contributed by atoms with Crippen LogP contribution in [0.3, 0.4) is 0 Å². The molecule has 1 aliphatic carbocycles. The summed E-state index contributed by atoms with van der Waals surface area (Å²) in [6.07, 6.45) is 17.2. The summed E-state index contributed by atoms with van der Waals surface area (Å²) < 4.78 is 42.9. The number of rotatable bonds is 28. The predicted molar refractivity (Wildman–Crippen MR) is 188 cm³/mol. The fourth-order valence-electron chi connectivity index (χ4n) is 5.62. The molecule has 0 amide bonds. The van der Waals surface area contributed by atoms with E-state index in [9.17, 15) is 0 Å². The smallest absolute Gasteiger partial charge is 0.344 e. The molecule has 1 aliphatic rings. The zero-order valence-electron chi connectivity index (χ0n) is 31.6. The standard InChI is InChI=1S/C38H76O6.H2O/c1-11-15-18-23-29-42-38(44-36(9,10)14-4,43-34-24-20-19-21-25-34)37(40-28-22-16-12-2,41-30-27-32(5)6)35(26-17-13-3)39-31-33(7)8;/h32-35H,11-31H2,1-10H3;1H2. The molecule has 0 radical (unpaired) electrons. The maximum absolute atomic E-state index is 7.30. The summed E-state index contributed by atoms with van der Waals surface area (Å²) in [5, 5.41) is 0. The van der Waals surface area contributed by atoms with Gasteiger partial charge in [-0.05, 0) is 70.6 Å². The second-order valence-electron chi connectivity index (χ2n) is 14.7. The first-order valence-corrected chi connectivity index (χ1v) is 18.9. The van der Waals surface area contributed by atoms with Crippen LogP contribution in [-0.2, 0) is 28.4 Å². The number of hydrogen-bond acceptors (Lipinski definition) is 6. The van der Waals surface area contributed by atoms with E-state index in [2.05, 4.69) is 69.2 Å². The molecule has 0 aliphatic heterocycles. The Morgan fingerprint density at radius 3 is 1.80 bits per heavy atom. The normalized spacial score (nSPS) is 18.1. The van der Waals surface area contributed by atoms with Gasteiger partial charge in [0.1, 0.15) is 6.10 Å². The largest absolute Gasteiger partial charge is 0.412 e. The van der Waals surface area contributed by atoms with Crippen LogP contribution in [0.25, 0.3) is 0 Å². The van der Waals surface area contributed by atoms with Crippen LogP contribution in [0.4, 0.5) is 0 Å². The van der Waals surface area contributed by atoms with Crippen LogP contribution in [0.1, 0.15) is 178 Å². The monoisotopic (exact) mass is 647 g/mol. The SMILES string of the molecule is CCCCCCOC(OC1CCCCC1)(OC(C)(C)CC)C(OCCCCC)(OCCC(C)C)C(CCCC)OCC(C)C.O. The van der Waals surface area contributed by atoms with E-state index in [4.69, 9.17) is 28.4 Å². The van der Waals surface area contributed by atoms with E-state index in [1.807, 2.05) is 0 Å². The van der Waals surface area contributed by atoms with Crippen molar-refractivity contribution in [2.75, 3.05) is 26.4 Å². The predicted octanol–water partition coefficient (Wildman–Crippen LogP) is 10.2. The van der Waals surface area contributed by atoms with Gasteiger partial charge in [0, 0.05) is 6.61 Å². The third-order valence-corrected chi connectivity index (χ3v) is 8.80.